The van der Waals surface area contributed by atoms with Crippen LogP contribution in [-0.2, 0) is 20.8 Å². The second-order valence-electron chi connectivity index (χ2n) is 6.48. The lowest BCUT2D eigenvalue weighted by Gasteiger charge is -2.50. The molecular formula is C16H15N6O5S3-. The molecule has 11 nitrogen and oxygen atoms in total. The zero-order chi connectivity index (χ0) is 21.4. The van der Waals surface area contributed by atoms with Gasteiger partial charge in [0.2, 0.25) is 11.8 Å². The van der Waals surface area contributed by atoms with Crippen LogP contribution >= 0.6 is 34.9 Å². The normalized spacial score (nSPS) is 20.7. The number of rotatable bonds is 7. The number of fused-ring (bicyclic) bond motifs is 1. The Bertz CT molecular complexity index is 1050. The number of hydrogen-bond acceptors (Lipinski definition) is 12. The maximum Gasteiger partial charge on any atom is 0.253 e. The van der Waals surface area contributed by atoms with Gasteiger partial charge in [0.1, 0.15) is 16.4 Å². The van der Waals surface area contributed by atoms with Crippen molar-refractivity contribution in [2.75, 3.05) is 11.5 Å². The van der Waals surface area contributed by atoms with Crippen molar-refractivity contribution in [1.29, 1.82) is 0 Å². The molecule has 0 radical (unpaired) electrons. The van der Waals surface area contributed by atoms with E-state index in [-0.39, 0.29) is 17.9 Å². The zero-order valence-corrected chi connectivity index (χ0v) is 18.2. The van der Waals surface area contributed by atoms with Crippen molar-refractivity contribution >= 4 is 52.6 Å². The van der Waals surface area contributed by atoms with Crippen LogP contribution in [0.1, 0.15) is 16.7 Å². The topological polar surface area (TPSA) is 154 Å². The van der Waals surface area contributed by atoms with E-state index in [1.165, 1.54) is 39.8 Å². The Kier molecular flexibility index (Phi) is 5.79. The average Bonchev–Trinajstić information content (AvgIpc) is 3.31. The first-order chi connectivity index (χ1) is 14.3. The molecule has 1 fully saturated rings. The third-order valence-electron chi connectivity index (χ3n) is 4.32. The van der Waals surface area contributed by atoms with Gasteiger partial charge >= 0.3 is 0 Å². The van der Waals surface area contributed by atoms with Crippen molar-refractivity contribution < 1.29 is 24.0 Å². The lowest BCUT2D eigenvalue weighted by Crippen LogP contribution is -2.71. The molecule has 2 unspecified atom stereocenters. The van der Waals surface area contributed by atoms with E-state index in [1.807, 2.05) is 6.92 Å². The van der Waals surface area contributed by atoms with Gasteiger partial charge in [-0.1, -0.05) is 28.3 Å². The van der Waals surface area contributed by atoms with Crippen molar-refractivity contribution in [1.82, 2.24) is 30.6 Å². The van der Waals surface area contributed by atoms with E-state index in [2.05, 4.69) is 25.7 Å². The van der Waals surface area contributed by atoms with Crippen LogP contribution in [0.5, 0.6) is 0 Å². The van der Waals surface area contributed by atoms with Gasteiger partial charge in [-0.25, -0.2) is 0 Å². The fourth-order valence-electron chi connectivity index (χ4n) is 3.05. The number of aliphatic carboxylic acids is 1. The molecule has 0 aliphatic carbocycles. The Morgan fingerprint density at radius 2 is 2.17 bits per heavy atom. The molecule has 158 valence electrons. The zero-order valence-electron chi connectivity index (χ0n) is 15.8. The second-order valence-corrected chi connectivity index (χ2v) is 9.99. The Morgan fingerprint density at radius 1 is 1.37 bits per heavy atom. The summed E-state index contributed by atoms with van der Waals surface area (Å²) in [6.45, 7) is 3.44. The highest BCUT2D eigenvalue weighted by Crippen LogP contribution is 2.41. The number of nitrogens with one attached hydrogen (secondary N) is 1. The summed E-state index contributed by atoms with van der Waals surface area (Å²) in [5.74, 6) is -1.03. The molecule has 2 aliphatic rings. The van der Waals surface area contributed by atoms with Crippen LogP contribution in [0.2, 0.25) is 0 Å². The Labute approximate surface area is 182 Å². The summed E-state index contributed by atoms with van der Waals surface area (Å²) >= 11 is 4.17. The molecule has 2 atom stereocenters. The van der Waals surface area contributed by atoms with Crippen LogP contribution in [0, 0.1) is 13.8 Å². The first-order valence-electron chi connectivity index (χ1n) is 8.73. The van der Waals surface area contributed by atoms with Crippen LogP contribution in [0.15, 0.2) is 20.1 Å². The van der Waals surface area contributed by atoms with Gasteiger partial charge in [-0.3, -0.25) is 14.5 Å². The van der Waals surface area contributed by atoms with Crippen LogP contribution in [0.25, 0.3) is 0 Å². The molecule has 2 aromatic rings. The summed E-state index contributed by atoms with van der Waals surface area (Å²) in [7, 11) is 0. The molecule has 0 bridgehead atoms. The number of β-lactam (4-membered cyclic amide) rings is 1. The van der Waals surface area contributed by atoms with Crippen molar-refractivity contribution in [3.05, 3.63) is 28.0 Å². The number of carboxylic acid groups (broad SMARTS) is 1. The number of carbonyl (C=O) groups is 3. The molecule has 2 aliphatic heterocycles. The fourth-order valence-corrected chi connectivity index (χ4v) is 6.35. The van der Waals surface area contributed by atoms with E-state index in [0.29, 0.717) is 23.0 Å². The monoisotopic (exact) mass is 467 g/mol. The largest absolute Gasteiger partial charge is 0.543 e. The maximum atomic E-state index is 12.6. The Morgan fingerprint density at radius 3 is 2.80 bits per heavy atom. The van der Waals surface area contributed by atoms with E-state index in [4.69, 9.17) is 4.52 Å². The highest BCUT2D eigenvalue weighted by molar-refractivity contribution is 8.01. The van der Waals surface area contributed by atoms with Gasteiger partial charge in [-0.15, -0.1) is 22.0 Å². The first kappa shape index (κ1) is 20.8. The van der Waals surface area contributed by atoms with Gasteiger partial charge in [0.05, 0.1) is 18.1 Å². The van der Waals surface area contributed by atoms with Gasteiger partial charge in [-0.2, -0.15) is 4.98 Å². The molecule has 1 saturated heterocycles. The molecule has 0 spiro atoms. The summed E-state index contributed by atoms with van der Waals surface area (Å²) < 4.78 is 5.54. The minimum absolute atomic E-state index is 0.128. The molecule has 4 rings (SSSR count). The molecule has 0 aromatic carbocycles. The van der Waals surface area contributed by atoms with Gasteiger partial charge < -0.3 is 19.7 Å². The van der Waals surface area contributed by atoms with Gasteiger partial charge in [-0.05, 0) is 12.5 Å². The summed E-state index contributed by atoms with van der Waals surface area (Å²) in [5.41, 5.74) is 0.450. The SMILES string of the molecule is Cc1nc(CC(=O)NC2C(=O)N3C(C(=O)[O-])=C(CSc4nnc(C)s4)CSC23)no1. The van der Waals surface area contributed by atoms with E-state index in [0.717, 1.165) is 9.35 Å². The summed E-state index contributed by atoms with van der Waals surface area (Å²) in [6.07, 6.45) is -0.134. The molecule has 2 aromatic heterocycles. The molecule has 0 saturated carbocycles. The first-order valence-corrected chi connectivity index (χ1v) is 11.6. The number of carboxylic acids is 1. The molecular weight excluding hydrogens is 452 g/mol. The lowest BCUT2D eigenvalue weighted by atomic mass is 10.0. The Balaban J connectivity index is 1.43. The van der Waals surface area contributed by atoms with Crippen molar-refractivity contribution in [2.24, 2.45) is 0 Å². The van der Waals surface area contributed by atoms with Crippen LogP contribution in [0.3, 0.4) is 0 Å². The predicted molar refractivity (Wildman–Crippen MR) is 105 cm³/mol. The number of amides is 2. The summed E-state index contributed by atoms with van der Waals surface area (Å²) in [4.78, 5) is 41.7. The second kappa shape index (κ2) is 8.35. The van der Waals surface area contributed by atoms with E-state index in [1.54, 1.807) is 6.92 Å². The number of carbonyl (C=O) groups excluding carboxylic acids is 3. The highest BCUT2D eigenvalue weighted by atomic mass is 32.2. The van der Waals surface area contributed by atoms with Crippen LogP contribution in [-0.4, -0.2) is 65.9 Å². The van der Waals surface area contributed by atoms with Gasteiger partial charge in [0.15, 0.2) is 10.2 Å². The van der Waals surface area contributed by atoms with E-state index < -0.39 is 29.2 Å². The standard InChI is InChI=1S/C16H16N6O5S3/c1-6-17-9(21-27-6)3-10(23)18-11-13(24)22-12(15(25)26)8(4-28-14(11)22)5-29-16-20-19-7(2)30-16/h11,14H,3-5H2,1-2H3,(H,18,23)(H,25,26)/p-1. The highest BCUT2D eigenvalue weighted by Gasteiger charge is 2.52. The number of aromatic nitrogens is 4. The smallest absolute Gasteiger partial charge is 0.253 e. The molecule has 2 amide bonds. The van der Waals surface area contributed by atoms with E-state index in [9.17, 15) is 19.5 Å². The van der Waals surface area contributed by atoms with Gasteiger partial charge in [0.25, 0.3) is 5.91 Å². The minimum atomic E-state index is -1.41. The number of nitrogens with zero attached hydrogens (tertiary/aromatic N) is 5. The Hall–Kier alpha value is -2.45. The van der Waals surface area contributed by atoms with Gasteiger partial charge in [0, 0.05) is 18.4 Å². The van der Waals surface area contributed by atoms with Crippen LogP contribution < -0.4 is 10.4 Å². The lowest BCUT2D eigenvalue weighted by molar-refractivity contribution is -0.301. The number of aryl methyl sites for hydroxylation is 2. The number of hydrogen-bond donors (Lipinski definition) is 1. The van der Waals surface area contributed by atoms with Crippen LogP contribution in [0.4, 0.5) is 0 Å². The quantitative estimate of drug-likeness (QED) is 0.405. The number of thioether (sulfide) groups is 2. The maximum absolute atomic E-state index is 12.6. The average molecular weight is 468 g/mol. The van der Waals surface area contributed by atoms with Crippen molar-refractivity contribution in [2.45, 2.75) is 36.0 Å². The van der Waals surface area contributed by atoms with Crippen molar-refractivity contribution in [3.63, 3.8) is 0 Å². The molecule has 4 heterocycles. The molecule has 30 heavy (non-hydrogen) atoms. The van der Waals surface area contributed by atoms with Crippen molar-refractivity contribution in [3.8, 4) is 0 Å². The third-order valence-corrected chi connectivity index (χ3v) is 7.72. The third kappa shape index (κ3) is 4.06. The molecule has 1 N–H and O–H groups in total. The molecule has 14 heteroatoms. The van der Waals surface area contributed by atoms with E-state index >= 15 is 0 Å². The summed E-state index contributed by atoms with van der Waals surface area (Å²) in [5, 5.41) is 26.3. The minimum Gasteiger partial charge on any atom is -0.543 e. The summed E-state index contributed by atoms with van der Waals surface area (Å²) in [6, 6.07) is -0.815. The fraction of sp³-hybridized carbons (Fsp3) is 0.438. The predicted octanol–water partition coefficient (Wildman–Crippen LogP) is -0.723.